The molecule has 5 heteroatoms. The fraction of sp³-hybridized carbons (Fsp3) is 0.263. The van der Waals surface area contributed by atoms with Crippen LogP contribution in [0.3, 0.4) is 0 Å². The number of carbonyl (C=O) groups is 1. The fourth-order valence-corrected chi connectivity index (χ4v) is 1.87. The zero-order valence-corrected chi connectivity index (χ0v) is 13.8. The number of rotatable bonds is 9. The molecular weight excluding hydrogens is 304 g/mol. The maximum Gasteiger partial charge on any atom is 0.277 e. The van der Waals surface area contributed by atoms with Crippen LogP contribution < -0.4 is 14.9 Å². The molecule has 0 spiro atoms. The number of hydrogen-bond donors (Lipinski definition) is 1. The second-order valence-electron chi connectivity index (χ2n) is 5.17. The molecule has 0 atom stereocenters. The molecule has 2 aromatic rings. The van der Waals surface area contributed by atoms with Crippen LogP contribution in [0.2, 0.25) is 0 Å². The van der Waals surface area contributed by atoms with Crippen LogP contribution in [0.5, 0.6) is 11.5 Å². The zero-order chi connectivity index (χ0) is 17.0. The van der Waals surface area contributed by atoms with Gasteiger partial charge in [0.15, 0.2) is 6.61 Å². The van der Waals surface area contributed by atoms with E-state index in [1.165, 1.54) is 0 Å². The maximum absolute atomic E-state index is 11.7. The Morgan fingerprint density at radius 2 is 1.71 bits per heavy atom. The lowest BCUT2D eigenvalue weighted by molar-refractivity contribution is -0.123. The summed E-state index contributed by atoms with van der Waals surface area (Å²) in [6, 6.07) is 16.7. The second-order valence-corrected chi connectivity index (χ2v) is 5.17. The van der Waals surface area contributed by atoms with Crippen molar-refractivity contribution in [3.63, 3.8) is 0 Å². The Bertz CT molecular complexity index is 639. The number of carbonyl (C=O) groups excluding carboxylic acids is 1. The van der Waals surface area contributed by atoms with Crippen molar-refractivity contribution in [1.29, 1.82) is 0 Å². The number of ether oxygens (including phenoxy) is 2. The van der Waals surface area contributed by atoms with E-state index >= 15 is 0 Å². The summed E-state index contributed by atoms with van der Waals surface area (Å²) < 4.78 is 11.0. The fourth-order valence-electron chi connectivity index (χ4n) is 1.87. The number of hydrazone groups is 1. The topological polar surface area (TPSA) is 59.9 Å². The van der Waals surface area contributed by atoms with Gasteiger partial charge in [-0.3, -0.25) is 4.79 Å². The molecule has 1 amide bonds. The van der Waals surface area contributed by atoms with Gasteiger partial charge in [-0.1, -0.05) is 43.7 Å². The zero-order valence-electron chi connectivity index (χ0n) is 13.8. The molecule has 2 rings (SSSR count). The van der Waals surface area contributed by atoms with Crippen molar-refractivity contribution in [3.8, 4) is 11.5 Å². The molecule has 0 aliphatic heterocycles. The van der Waals surface area contributed by atoms with Crippen molar-refractivity contribution in [1.82, 2.24) is 5.43 Å². The standard InChI is InChI=1S/C19H22N2O3/c1-2-3-13-23-17-9-11-18(12-10-17)24-15-19(22)21-20-14-16-7-5-4-6-8-16/h4-12,14H,2-3,13,15H2,1H3,(H,21,22). The Balaban J connectivity index is 1.70. The van der Waals surface area contributed by atoms with Gasteiger partial charge in [-0.2, -0.15) is 5.10 Å². The summed E-state index contributed by atoms with van der Waals surface area (Å²) in [5, 5.41) is 3.89. The van der Waals surface area contributed by atoms with Crippen LogP contribution >= 0.6 is 0 Å². The molecule has 0 fully saturated rings. The van der Waals surface area contributed by atoms with Crippen molar-refractivity contribution < 1.29 is 14.3 Å². The maximum atomic E-state index is 11.7. The molecule has 0 saturated carbocycles. The molecule has 0 saturated heterocycles. The summed E-state index contributed by atoms with van der Waals surface area (Å²) in [5.41, 5.74) is 3.34. The van der Waals surface area contributed by atoms with E-state index in [-0.39, 0.29) is 12.5 Å². The Morgan fingerprint density at radius 1 is 1.04 bits per heavy atom. The Labute approximate surface area is 142 Å². The molecule has 24 heavy (non-hydrogen) atoms. The molecule has 2 aromatic carbocycles. The minimum Gasteiger partial charge on any atom is -0.494 e. The minimum absolute atomic E-state index is 0.0951. The monoisotopic (exact) mass is 326 g/mol. The van der Waals surface area contributed by atoms with E-state index < -0.39 is 0 Å². The van der Waals surface area contributed by atoms with Gasteiger partial charge in [0.05, 0.1) is 12.8 Å². The van der Waals surface area contributed by atoms with E-state index in [2.05, 4.69) is 17.5 Å². The van der Waals surface area contributed by atoms with Crippen LogP contribution in [0.1, 0.15) is 25.3 Å². The SMILES string of the molecule is CCCCOc1ccc(OCC(=O)NN=Cc2ccccc2)cc1. The summed E-state index contributed by atoms with van der Waals surface area (Å²) in [4.78, 5) is 11.7. The molecule has 1 N–H and O–H groups in total. The molecular formula is C19H22N2O3. The Hall–Kier alpha value is -2.82. The predicted octanol–water partition coefficient (Wildman–Crippen LogP) is 3.39. The van der Waals surface area contributed by atoms with Crippen molar-refractivity contribution in [2.75, 3.05) is 13.2 Å². The smallest absolute Gasteiger partial charge is 0.277 e. The normalized spacial score (nSPS) is 10.5. The third-order valence-electron chi connectivity index (χ3n) is 3.16. The van der Waals surface area contributed by atoms with E-state index in [1.807, 2.05) is 42.5 Å². The van der Waals surface area contributed by atoms with Gasteiger partial charge in [-0.05, 0) is 36.2 Å². The highest BCUT2D eigenvalue weighted by molar-refractivity contribution is 5.82. The van der Waals surface area contributed by atoms with Crippen molar-refractivity contribution in [2.24, 2.45) is 5.10 Å². The average molecular weight is 326 g/mol. The van der Waals surface area contributed by atoms with Gasteiger partial charge in [0.1, 0.15) is 11.5 Å². The van der Waals surface area contributed by atoms with Crippen LogP contribution in [0.15, 0.2) is 59.7 Å². The van der Waals surface area contributed by atoms with Crippen molar-refractivity contribution in [2.45, 2.75) is 19.8 Å². The van der Waals surface area contributed by atoms with Crippen molar-refractivity contribution >= 4 is 12.1 Å². The summed E-state index contributed by atoms with van der Waals surface area (Å²) in [6.45, 7) is 2.73. The molecule has 126 valence electrons. The van der Waals surface area contributed by atoms with E-state index in [4.69, 9.17) is 9.47 Å². The first-order chi connectivity index (χ1) is 11.8. The lowest BCUT2D eigenvalue weighted by Gasteiger charge is -2.07. The molecule has 0 heterocycles. The molecule has 0 unspecified atom stereocenters. The number of hydrogen-bond acceptors (Lipinski definition) is 4. The van der Waals surface area contributed by atoms with E-state index in [9.17, 15) is 4.79 Å². The predicted molar refractivity (Wildman–Crippen MR) is 94.5 cm³/mol. The summed E-state index contributed by atoms with van der Waals surface area (Å²) in [5.74, 6) is 1.10. The van der Waals surface area contributed by atoms with Crippen LogP contribution in [0, 0.1) is 0 Å². The molecule has 5 nitrogen and oxygen atoms in total. The highest BCUT2D eigenvalue weighted by Crippen LogP contribution is 2.17. The van der Waals surface area contributed by atoms with Gasteiger partial charge in [0.2, 0.25) is 0 Å². The van der Waals surface area contributed by atoms with Crippen molar-refractivity contribution in [3.05, 3.63) is 60.2 Å². The van der Waals surface area contributed by atoms with Crippen LogP contribution in [0.25, 0.3) is 0 Å². The van der Waals surface area contributed by atoms with E-state index in [0.29, 0.717) is 12.4 Å². The highest BCUT2D eigenvalue weighted by atomic mass is 16.5. The van der Waals surface area contributed by atoms with E-state index in [0.717, 1.165) is 24.2 Å². The summed E-state index contributed by atoms with van der Waals surface area (Å²) >= 11 is 0. The summed E-state index contributed by atoms with van der Waals surface area (Å²) in [7, 11) is 0. The number of amides is 1. The number of nitrogens with one attached hydrogen (secondary N) is 1. The third kappa shape index (κ3) is 6.52. The largest absolute Gasteiger partial charge is 0.494 e. The molecule has 0 aliphatic rings. The van der Waals surface area contributed by atoms with Gasteiger partial charge < -0.3 is 9.47 Å². The Kier molecular flexibility index (Phi) is 7.34. The van der Waals surface area contributed by atoms with Crippen LogP contribution in [-0.4, -0.2) is 25.3 Å². The Morgan fingerprint density at radius 3 is 2.38 bits per heavy atom. The number of nitrogens with zero attached hydrogens (tertiary/aromatic N) is 1. The number of unbranched alkanes of at least 4 members (excludes halogenated alkanes) is 1. The first-order valence-corrected chi connectivity index (χ1v) is 8.00. The average Bonchev–Trinajstić information content (AvgIpc) is 2.62. The van der Waals surface area contributed by atoms with Gasteiger partial charge in [-0.25, -0.2) is 5.43 Å². The van der Waals surface area contributed by atoms with Gasteiger partial charge in [-0.15, -0.1) is 0 Å². The van der Waals surface area contributed by atoms with Gasteiger partial charge in [0.25, 0.3) is 5.91 Å². The quantitative estimate of drug-likeness (QED) is 0.436. The highest BCUT2D eigenvalue weighted by Gasteiger charge is 2.02. The van der Waals surface area contributed by atoms with Crippen LogP contribution in [-0.2, 0) is 4.79 Å². The second kappa shape index (κ2) is 10.0. The van der Waals surface area contributed by atoms with Gasteiger partial charge in [0, 0.05) is 0 Å². The first kappa shape index (κ1) is 17.5. The third-order valence-corrected chi connectivity index (χ3v) is 3.16. The number of benzene rings is 2. The first-order valence-electron chi connectivity index (χ1n) is 8.00. The minimum atomic E-state index is -0.314. The molecule has 0 aliphatic carbocycles. The molecule has 0 aromatic heterocycles. The lowest BCUT2D eigenvalue weighted by Crippen LogP contribution is -2.24. The molecule has 0 bridgehead atoms. The van der Waals surface area contributed by atoms with Gasteiger partial charge >= 0.3 is 0 Å². The lowest BCUT2D eigenvalue weighted by atomic mass is 10.2. The molecule has 0 radical (unpaired) electrons. The summed E-state index contributed by atoms with van der Waals surface area (Å²) in [6.07, 6.45) is 3.71. The van der Waals surface area contributed by atoms with Crippen LogP contribution in [0.4, 0.5) is 0 Å². The van der Waals surface area contributed by atoms with E-state index in [1.54, 1.807) is 18.3 Å².